The zero-order chi connectivity index (χ0) is 15.2. The zero-order valence-corrected chi connectivity index (χ0v) is 11.6. The largest absolute Gasteiger partial charge is 0.409 e. The van der Waals surface area contributed by atoms with Crippen molar-refractivity contribution >= 4 is 11.7 Å². The van der Waals surface area contributed by atoms with Gasteiger partial charge in [-0.1, -0.05) is 35.0 Å². The van der Waals surface area contributed by atoms with E-state index in [0.29, 0.717) is 12.1 Å². The lowest BCUT2D eigenvalue weighted by Gasteiger charge is -2.06. The van der Waals surface area contributed by atoms with E-state index in [9.17, 15) is 4.79 Å². The molecule has 0 aliphatic rings. The van der Waals surface area contributed by atoms with Crippen molar-refractivity contribution in [2.45, 2.75) is 13.5 Å². The zero-order valence-electron chi connectivity index (χ0n) is 11.6. The number of amidine groups is 1. The van der Waals surface area contributed by atoms with Gasteiger partial charge in [-0.25, -0.2) is 0 Å². The molecule has 0 saturated carbocycles. The lowest BCUT2D eigenvalue weighted by molar-refractivity contribution is 0.0946. The Balaban J connectivity index is 1.98. The Morgan fingerprint density at radius 1 is 1.29 bits per heavy atom. The van der Waals surface area contributed by atoms with Crippen LogP contribution in [0.4, 0.5) is 0 Å². The number of benzene rings is 1. The first-order valence-electron chi connectivity index (χ1n) is 6.38. The number of aryl methyl sites for hydroxylation is 1. The van der Waals surface area contributed by atoms with E-state index in [4.69, 9.17) is 10.9 Å². The van der Waals surface area contributed by atoms with Gasteiger partial charge in [0.05, 0.1) is 0 Å². The predicted molar refractivity (Wildman–Crippen MR) is 79.1 cm³/mol. The number of oxime groups is 1. The summed E-state index contributed by atoms with van der Waals surface area (Å²) in [7, 11) is 0. The molecule has 2 aromatic rings. The van der Waals surface area contributed by atoms with E-state index in [-0.39, 0.29) is 17.4 Å². The highest BCUT2D eigenvalue weighted by molar-refractivity contribution is 5.98. The van der Waals surface area contributed by atoms with Crippen molar-refractivity contribution < 1.29 is 10.0 Å². The summed E-state index contributed by atoms with van der Waals surface area (Å²) in [5, 5.41) is 14.2. The molecular weight excluding hydrogens is 268 g/mol. The minimum Gasteiger partial charge on any atom is -0.409 e. The van der Waals surface area contributed by atoms with Gasteiger partial charge in [0.1, 0.15) is 5.69 Å². The first kappa shape index (κ1) is 14.5. The molecule has 1 aromatic carbocycles. The monoisotopic (exact) mass is 284 g/mol. The maximum Gasteiger partial charge on any atom is 0.270 e. The molecular formula is C15H16N4O2. The summed E-state index contributed by atoms with van der Waals surface area (Å²) in [6.45, 7) is 2.44. The van der Waals surface area contributed by atoms with E-state index in [0.717, 1.165) is 5.56 Å². The van der Waals surface area contributed by atoms with Crippen LogP contribution in [0.25, 0.3) is 0 Å². The number of hydrogen-bond donors (Lipinski definition) is 3. The fourth-order valence-electron chi connectivity index (χ4n) is 1.72. The Hall–Kier alpha value is -2.89. The van der Waals surface area contributed by atoms with Crippen molar-refractivity contribution in [2.24, 2.45) is 10.9 Å². The van der Waals surface area contributed by atoms with Gasteiger partial charge in [-0.15, -0.1) is 0 Å². The summed E-state index contributed by atoms with van der Waals surface area (Å²) >= 11 is 0. The molecule has 2 rings (SSSR count). The lowest BCUT2D eigenvalue weighted by Crippen LogP contribution is -2.24. The molecule has 0 spiro atoms. The maximum atomic E-state index is 12.0. The molecule has 0 aliphatic carbocycles. The second-order valence-corrected chi connectivity index (χ2v) is 4.59. The number of aromatic nitrogens is 1. The van der Waals surface area contributed by atoms with Crippen LogP contribution in [0.3, 0.4) is 0 Å². The normalized spacial score (nSPS) is 11.2. The van der Waals surface area contributed by atoms with E-state index in [1.54, 1.807) is 6.07 Å². The number of pyridine rings is 1. The van der Waals surface area contributed by atoms with Gasteiger partial charge in [0, 0.05) is 18.3 Å². The van der Waals surface area contributed by atoms with Crippen molar-refractivity contribution in [3.05, 3.63) is 65.0 Å². The SMILES string of the molecule is Cc1ccc(CNC(=O)c2ccc(C(N)=NO)cn2)cc1. The molecule has 0 bridgehead atoms. The number of amides is 1. The van der Waals surface area contributed by atoms with Crippen LogP contribution < -0.4 is 11.1 Å². The smallest absolute Gasteiger partial charge is 0.270 e. The lowest BCUT2D eigenvalue weighted by atomic mass is 10.1. The number of nitrogens with two attached hydrogens (primary N) is 1. The van der Waals surface area contributed by atoms with Crippen LogP contribution in [0.15, 0.2) is 47.8 Å². The predicted octanol–water partition coefficient (Wildman–Crippen LogP) is 1.41. The molecule has 4 N–H and O–H groups in total. The fourth-order valence-corrected chi connectivity index (χ4v) is 1.72. The first-order chi connectivity index (χ1) is 10.1. The van der Waals surface area contributed by atoms with E-state index in [2.05, 4.69) is 15.5 Å². The van der Waals surface area contributed by atoms with Crippen LogP contribution in [-0.2, 0) is 6.54 Å². The van der Waals surface area contributed by atoms with Gasteiger partial charge in [-0.3, -0.25) is 9.78 Å². The number of nitrogens with zero attached hydrogens (tertiary/aromatic N) is 2. The Morgan fingerprint density at radius 3 is 2.57 bits per heavy atom. The van der Waals surface area contributed by atoms with Crippen molar-refractivity contribution in [1.82, 2.24) is 10.3 Å². The molecule has 0 fully saturated rings. The minimum absolute atomic E-state index is 0.0471. The molecule has 6 nitrogen and oxygen atoms in total. The molecule has 0 unspecified atom stereocenters. The van der Waals surface area contributed by atoms with Gasteiger partial charge in [-0.2, -0.15) is 0 Å². The van der Waals surface area contributed by atoms with E-state index < -0.39 is 0 Å². The number of carbonyl (C=O) groups excluding carboxylic acids is 1. The standard InChI is InChI=1S/C15H16N4O2/c1-10-2-4-11(5-3-10)8-18-15(20)13-7-6-12(9-17-13)14(16)19-21/h2-7,9,21H,8H2,1H3,(H2,16,19)(H,18,20). The first-order valence-corrected chi connectivity index (χ1v) is 6.38. The minimum atomic E-state index is -0.276. The van der Waals surface area contributed by atoms with E-state index >= 15 is 0 Å². The summed E-state index contributed by atoms with van der Waals surface area (Å²) < 4.78 is 0. The Bertz CT molecular complexity index is 648. The van der Waals surface area contributed by atoms with Crippen LogP contribution in [-0.4, -0.2) is 21.9 Å². The highest BCUT2D eigenvalue weighted by atomic mass is 16.4. The van der Waals surface area contributed by atoms with Crippen molar-refractivity contribution in [1.29, 1.82) is 0 Å². The molecule has 0 aliphatic heterocycles. The molecule has 0 radical (unpaired) electrons. The fraction of sp³-hybridized carbons (Fsp3) is 0.133. The summed E-state index contributed by atoms with van der Waals surface area (Å²) in [4.78, 5) is 15.9. The van der Waals surface area contributed by atoms with Gasteiger partial charge in [0.25, 0.3) is 5.91 Å². The molecule has 21 heavy (non-hydrogen) atoms. The highest BCUT2D eigenvalue weighted by Gasteiger charge is 2.08. The van der Waals surface area contributed by atoms with Gasteiger partial charge < -0.3 is 16.3 Å². The molecule has 0 atom stereocenters. The quantitative estimate of drug-likeness (QED) is 0.342. The highest BCUT2D eigenvalue weighted by Crippen LogP contribution is 2.04. The summed E-state index contributed by atoms with van der Waals surface area (Å²) in [6, 6.07) is 11.0. The van der Waals surface area contributed by atoms with E-state index in [1.165, 1.54) is 17.8 Å². The molecule has 108 valence electrons. The molecule has 0 saturated heterocycles. The molecule has 6 heteroatoms. The van der Waals surface area contributed by atoms with Gasteiger partial charge in [0.15, 0.2) is 5.84 Å². The Labute approximate surface area is 122 Å². The summed E-state index contributed by atoms with van der Waals surface area (Å²) in [6.07, 6.45) is 1.38. The number of rotatable bonds is 4. The Morgan fingerprint density at radius 2 is 2.00 bits per heavy atom. The second kappa shape index (κ2) is 6.51. The van der Waals surface area contributed by atoms with Crippen LogP contribution >= 0.6 is 0 Å². The van der Waals surface area contributed by atoms with Crippen molar-refractivity contribution in [3.8, 4) is 0 Å². The maximum absolute atomic E-state index is 12.0. The van der Waals surface area contributed by atoms with Crippen LogP contribution in [0.2, 0.25) is 0 Å². The van der Waals surface area contributed by atoms with E-state index in [1.807, 2.05) is 31.2 Å². The number of hydrogen-bond acceptors (Lipinski definition) is 4. The van der Waals surface area contributed by atoms with Crippen molar-refractivity contribution in [2.75, 3.05) is 0 Å². The third-order valence-electron chi connectivity index (χ3n) is 2.97. The molecule has 1 aromatic heterocycles. The number of carbonyl (C=O) groups is 1. The van der Waals surface area contributed by atoms with Crippen LogP contribution in [0.1, 0.15) is 27.2 Å². The topological polar surface area (TPSA) is 101 Å². The summed E-state index contributed by atoms with van der Waals surface area (Å²) in [5.41, 5.74) is 8.34. The Kier molecular flexibility index (Phi) is 4.50. The molecule has 1 heterocycles. The third-order valence-corrected chi connectivity index (χ3v) is 2.97. The average molecular weight is 284 g/mol. The van der Waals surface area contributed by atoms with Gasteiger partial charge in [0.2, 0.25) is 0 Å². The number of nitrogens with one attached hydrogen (secondary N) is 1. The van der Waals surface area contributed by atoms with Gasteiger partial charge >= 0.3 is 0 Å². The van der Waals surface area contributed by atoms with Gasteiger partial charge in [-0.05, 0) is 24.6 Å². The van der Waals surface area contributed by atoms with Crippen LogP contribution in [0, 0.1) is 6.92 Å². The molecule has 1 amide bonds. The average Bonchev–Trinajstić information content (AvgIpc) is 2.53. The van der Waals surface area contributed by atoms with Crippen molar-refractivity contribution in [3.63, 3.8) is 0 Å². The summed E-state index contributed by atoms with van der Waals surface area (Å²) in [5.74, 6) is -0.323. The second-order valence-electron chi connectivity index (χ2n) is 4.59. The third kappa shape index (κ3) is 3.79. The van der Waals surface area contributed by atoms with Crippen LogP contribution in [0.5, 0.6) is 0 Å².